The van der Waals surface area contributed by atoms with Crippen molar-refractivity contribution in [1.82, 2.24) is 5.16 Å². The maximum Gasteiger partial charge on any atom is 0.173 e. The molecular weight excluding hydrogens is 373 g/mol. The summed E-state index contributed by atoms with van der Waals surface area (Å²) < 4.78 is 20.3. The van der Waals surface area contributed by atoms with Gasteiger partial charge < -0.3 is 9.63 Å². The van der Waals surface area contributed by atoms with Crippen molar-refractivity contribution in [3.8, 4) is 22.6 Å². The molecule has 6 heteroatoms. The SMILES string of the molecule is OCc1c(-c2c(F)cccc2Cl)noc1-c1ccc(Br)cc1. The molecule has 0 radical (unpaired) electrons. The molecule has 0 bridgehead atoms. The number of rotatable bonds is 3. The number of halogens is 3. The lowest BCUT2D eigenvalue weighted by Crippen LogP contribution is -1.92. The Hall–Kier alpha value is -1.69. The van der Waals surface area contributed by atoms with Crippen LogP contribution < -0.4 is 0 Å². The highest BCUT2D eigenvalue weighted by molar-refractivity contribution is 9.10. The highest BCUT2D eigenvalue weighted by atomic mass is 79.9. The summed E-state index contributed by atoms with van der Waals surface area (Å²) in [4.78, 5) is 0. The highest BCUT2D eigenvalue weighted by Gasteiger charge is 2.22. The Morgan fingerprint density at radius 3 is 2.55 bits per heavy atom. The third-order valence-corrected chi connectivity index (χ3v) is 4.10. The molecule has 1 aromatic heterocycles. The van der Waals surface area contributed by atoms with Gasteiger partial charge in [-0.25, -0.2) is 4.39 Å². The number of aliphatic hydroxyl groups excluding tert-OH is 1. The van der Waals surface area contributed by atoms with Crippen molar-refractivity contribution < 1.29 is 14.0 Å². The van der Waals surface area contributed by atoms with E-state index in [1.807, 2.05) is 24.3 Å². The van der Waals surface area contributed by atoms with Crippen molar-refractivity contribution in [2.75, 3.05) is 0 Å². The van der Waals surface area contributed by atoms with Crippen LogP contribution in [0, 0.1) is 5.82 Å². The van der Waals surface area contributed by atoms with Gasteiger partial charge >= 0.3 is 0 Å². The van der Waals surface area contributed by atoms with E-state index in [0.717, 1.165) is 10.0 Å². The van der Waals surface area contributed by atoms with Crippen molar-refractivity contribution >= 4 is 27.5 Å². The molecule has 0 saturated carbocycles. The van der Waals surface area contributed by atoms with Crippen LogP contribution >= 0.6 is 27.5 Å². The highest BCUT2D eigenvalue weighted by Crippen LogP contribution is 2.37. The third-order valence-electron chi connectivity index (χ3n) is 3.25. The van der Waals surface area contributed by atoms with Crippen molar-refractivity contribution in [3.63, 3.8) is 0 Å². The van der Waals surface area contributed by atoms with Crippen molar-refractivity contribution in [3.05, 3.63) is 63.3 Å². The molecule has 112 valence electrons. The second kappa shape index (κ2) is 6.20. The topological polar surface area (TPSA) is 46.3 Å². The summed E-state index contributed by atoms with van der Waals surface area (Å²) in [6, 6.07) is 11.7. The minimum absolute atomic E-state index is 0.125. The molecule has 2 aromatic carbocycles. The van der Waals surface area contributed by atoms with Crippen LogP contribution in [0.5, 0.6) is 0 Å². The summed E-state index contributed by atoms with van der Waals surface area (Å²) in [6.45, 7) is -0.338. The second-order valence-electron chi connectivity index (χ2n) is 4.60. The summed E-state index contributed by atoms with van der Waals surface area (Å²) in [5.41, 5.74) is 1.47. The first-order valence-corrected chi connectivity index (χ1v) is 7.58. The van der Waals surface area contributed by atoms with Gasteiger partial charge in [-0.2, -0.15) is 0 Å². The first-order valence-electron chi connectivity index (χ1n) is 6.41. The molecule has 3 nitrogen and oxygen atoms in total. The molecule has 0 fully saturated rings. The number of benzene rings is 2. The van der Waals surface area contributed by atoms with Crippen LogP contribution in [-0.4, -0.2) is 10.3 Å². The van der Waals surface area contributed by atoms with Gasteiger partial charge in [-0.15, -0.1) is 0 Å². The molecule has 0 aliphatic rings. The Kier molecular flexibility index (Phi) is 4.29. The summed E-state index contributed by atoms with van der Waals surface area (Å²) in [5.74, 6) is -0.123. The molecule has 3 rings (SSSR count). The lowest BCUT2D eigenvalue weighted by Gasteiger charge is -2.04. The molecule has 0 atom stereocenters. The largest absolute Gasteiger partial charge is 0.391 e. The van der Waals surface area contributed by atoms with Crippen molar-refractivity contribution in [2.45, 2.75) is 6.61 Å². The summed E-state index contributed by atoms with van der Waals surface area (Å²) >= 11 is 9.41. The van der Waals surface area contributed by atoms with Crippen LogP contribution in [0.25, 0.3) is 22.6 Å². The number of hydrogen-bond acceptors (Lipinski definition) is 3. The van der Waals surface area contributed by atoms with E-state index in [0.29, 0.717) is 11.3 Å². The lowest BCUT2D eigenvalue weighted by molar-refractivity contribution is 0.281. The smallest absolute Gasteiger partial charge is 0.173 e. The van der Waals surface area contributed by atoms with Gasteiger partial charge in [0.1, 0.15) is 11.5 Å². The standard InChI is InChI=1S/C16H10BrClFNO2/c17-10-6-4-9(5-7-10)16-11(8-21)15(20-22-16)14-12(18)2-1-3-13(14)19/h1-7,21H,8H2. The lowest BCUT2D eigenvalue weighted by atomic mass is 10.0. The van der Waals surface area contributed by atoms with E-state index < -0.39 is 5.82 Å². The Bertz CT molecular complexity index is 797. The van der Waals surface area contributed by atoms with E-state index in [4.69, 9.17) is 16.1 Å². The third kappa shape index (κ3) is 2.67. The van der Waals surface area contributed by atoms with Crippen LogP contribution in [0.3, 0.4) is 0 Å². The van der Waals surface area contributed by atoms with E-state index >= 15 is 0 Å². The Balaban J connectivity index is 2.18. The zero-order valence-electron chi connectivity index (χ0n) is 11.2. The number of hydrogen-bond donors (Lipinski definition) is 1. The Morgan fingerprint density at radius 2 is 1.91 bits per heavy atom. The molecule has 0 saturated heterocycles. The number of nitrogens with zero attached hydrogens (tertiary/aromatic N) is 1. The van der Waals surface area contributed by atoms with Gasteiger partial charge in [-0.3, -0.25) is 0 Å². The van der Waals surface area contributed by atoms with Gasteiger partial charge in [-0.05, 0) is 24.3 Å². The molecule has 0 aliphatic heterocycles. The quantitative estimate of drug-likeness (QED) is 0.689. The van der Waals surface area contributed by atoms with Gasteiger partial charge in [0, 0.05) is 10.0 Å². The molecule has 3 aromatic rings. The van der Waals surface area contributed by atoms with Crippen LogP contribution in [0.4, 0.5) is 4.39 Å². The summed E-state index contributed by atoms with van der Waals surface area (Å²) in [6.07, 6.45) is 0. The van der Waals surface area contributed by atoms with E-state index in [1.165, 1.54) is 12.1 Å². The first-order chi connectivity index (χ1) is 10.6. The Morgan fingerprint density at radius 1 is 1.18 bits per heavy atom. The molecule has 1 heterocycles. The fraction of sp³-hybridized carbons (Fsp3) is 0.0625. The Labute approximate surface area is 139 Å². The predicted octanol–water partition coefficient (Wildman–Crippen LogP) is 5.06. The molecule has 0 unspecified atom stereocenters. The van der Waals surface area contributed by atoms with Gasteiger partial charge in [-0.1, -0.05) is 50.9 Å². The zero-order chi connectivity index (χ0) is 15.7. The van der Waals surface area contributed by atoms with Gasteiger partial charge in [0.2, 0.25) is 0 Å². The summed E-state index contributed by atoms with van der Waals surface area (Å²) in [5, 5.41) is 13.8. The summed E-state index contributed by atoms with van der Waals surface area (Å²) in [7, 11) is 0. The van der Waals surface area contributed by atoms with Crippen molar-refractivity contribution in [1.29, 1.82) is 0 Å². The van der Waals surface area contributed by atoms with E-state index in [2.05, 4.69) is 21.1 Å². The number of aliphatic hydroxyl groups is 1. The van der Waals surface area contributed by atoms with E-state index in [9.17, 15) is 9.50 Å². The zero-order valence-corrected chi connectivity index (χ0v) is 13.5. The molecule has 22 heavy (non-hydrogen) atoms. The van der Waals surface area contributed by atoms with E-state index in [1.54, 1.807) is 6.07 Å². The van der Waals surface area contributed by atoms with Crippen LogP contribution in [0.15, 0.2) is 51.5 Å². The normalized spacial score (nSPS) is 10.9. The van der Waals surface area contributed by atoms with Crippen LogP contribution in [-0.2, 0) is 6.61 Å². The van der Waals surface area contributed by atoms with Crippen molar-refractivity contribution in [2.24, 2.45) is 0 Å². The maximum atomic E-state index is 14.1. The maximum absolute atomic E-state index is 14.1. The van der Waals surface area contributed by atoms with Gasteiger partial charge in [0.25, 0.3) is 0 Å². The minimum Gasteiger partial charge on any atom is -0.391 e. The predicted molar refractivity (Wildman–Crippen MR) is 86.0 cm³/mol. The first kappa shape index (κ1) is 15.2. The van der Waals surface area contributed by atoms with Gasteiger partial charge in [0.05, 0.1) is 22.8 Å². The van der Waals surface area contributed by atoms with Crippen LogP contribution in [0.1, 0.15) is 5.56 Å². The fourth-order valence-electron chi connectivity index (χ4n) is 2.20. The van der Waals surface area contributed by atoms with Gasteiger partial charge in [0.15, 0.2) is 5.76 Å². The second-order valence-corrected chi connectivity index (χ2v) is 5.92. The minimum atomic E-state index is -0.516. The molecule has 0 amide bonds. The fourth-order valence-corrected chi connectivity index (χ4v) is 2.72. The average molecular weight is 383 g/mol. The molecule has 0 aliphatic carbocycles. The molecule has 0 spiro atoms. The molecule has 1 N–H and O–H groups in total. The van der Waals surface area contributed by atoms with E-state index in [-0.39, 0.29) is 22.9 Å². The monoisotopic (exact) mass is 381 g/mol. The molecular formula is C16H10BrClFNO2. The average Bonchev–Trinajstić information content (AvgIpc) is 2.91. The number of aromatic nitrogens is 1. The van der Waals surface area contributed by atoms with Crippen LogP contribution in [0.2, 0.25) is 5.02 Å².